The van der Waals surface area contributed by atoms with Crippen LogP contribution in [0.5, 0.6) is 0 Å². The fourth-order valence-electron chi connectivity index (χ4n) is 5.27. The van der Waals surface area contributed by atoms with Crippen LogP contribution in [0.15, 0.2) is 42.6 Å². The molecule has 33 heavy (non-hydrogen) atoms. The third-order valence-corrected chi connectivity index (χ3v) is 7.92. The molecule has 0 radical (unpaired) electrons. The molecule has 5 rings (SSSR count). The van der Waals surface area contributed by atoms with E-state index in [-0.39, 0.29) is 6.04 Å². The molecule has 4 nitrogen and oxygen atoms in total. The molecule has 1 saturated carbocycles. The molecule has 1 unspecified atom stereocenters. The second kappa shape index (κ2) is 8.66. The SMILES string of the molecule is C=C(C=c1[nH]c(CC)c(Cl)c1=C(C)N1CC(N)C2(CC2)C1)Cc1cnc2c(c1)CC=CC=C2. The number of fused-ring (bicyclic) bond motifs is 1. The van der Waals surface area contributed by atoms with E-state index in [4.69, 9.17) is 17.3 Å². The van der Waals surface area contributed by atoms with Crippen LogP contribution in [-0.2, 0) is 19.3 Å². The van der Waals surface area contributed by atoms with Gasteiger partial charge in [-0.25, -0.2) is 0 Å². The number of aryl methyl sites for hydroxylation is 1. The normalized spacial score (nSPS) is 22.0. The lowest BCUT2D eigenvalue weighted by atomic mass is 10.0. The Balaban J connectivity index is 1.47. The first-order valence-electron chi connectivity index (χ1n) is 12.0. The monoisotopic (exact) mass is 460 g/mol. The number of nitrogens with two attached hydrogens (primary N) is 1. The van der Waals surface area contributed by atoms with Gasteiger partial charge < -0.3 is 15.6 Å². The minimum absolute atomic E-state index is 0.253. The fraction of sp³-hybridized carbons (Fsp3) is 0.393. The summed E-state index contributed by atoms with van der Waals surface area (Å²) in [4.78, 5) is 10.7. The number of aromatic nitrogens is 2. The number of halogens is 1. The summed E-state index contributed by atoms with van der Waals surface area (Å²) in [6, 6.07) is 2.50. The number of H-pyrrole nitrogens is 1. The lowest BCUT2D eigenvalue weighted by molar-refractivity contribution is 0.442. The molecule has 1 atom stereocenters. The van der Waals surface area contributed by atoms with E-state index < -0.39 is 0 Å². The molecule has 0 bridgehead atoms. The molecular formula is C28H33ClN4. The first-order chi connectivity index (χ1) is 15.9. The molecule has 3 aliphatic rings. The van der Waals surface area contributed by atoms with Crippen molar-refractivity contribution < 1.29 is 0 Å². The van der Waals surface area contributed by atoms with Gasteiger partial charge in [0.05, 0.1) is 10.7 Å². The number of aromatic amines is 1. The molecule has 1 saturated heterocycles. The van der Waals surface area contributed by atoms with E-state index in [0.29, 0.717) is 5.41 Å². The number of pyridine rings is 1. The van der Waals surface area contributed by atoms with Gasteiger partial charge in [-0.3, -0.25) is 4.98 Å². The summed E-state index contributed by atoms with van der Waals surface area (Å²) in [6.07, 6.45) is 17.5. The number of rotatable bonds is 5. The topological polar surface area (TPSA) is 57.9 Å². The predicted octanol–water partition coefficient (Wildman–Crippen LogP) is 3.88. The summed E-state index contributed by atoms with van der Waals surface area (Å²) < 4.78 is 0. The Morgan fingerprint density at radius 1 is 1.39 bits per heavy atom. The van der Waals surface area contributed by atoms with Crippen LogP contribution < -0.4 is 16.3 Å². The predicted molar refractivity (Wildman–Crippen MR) is 138 cm³/mol. The number of likely N-dealkylation sites (tertiary alicyclic amines) is 1. The van der Waals surface area contributed by atoms with Crippen LogP contribution in [0.4, 0.5) is 0 Å². The summed E-state index contributed by atoms with van der Waals surface area (Å²) in [7, 11) is 0. The van der Waals surface area contributed by atoms with E-state index >= 15 is 0 Å². The minimum Gasteiger partial charge on any atom is -0.372 e. The smallest absolute Gasteiger partial charge is 0.0709 e. The fourth-order valence-corrected chi connectivity index (χ4v) is 5.69. The number of allylic oxidation sites excluding steroid dienone is 4. The molecule has 0 aromatic carbocycles. The van der Waals surface area contributed by atoms with Crippen LogP contribution in [0.25, 0.3) is 17.8 Å². The van der Waals surface area contributed by atoms with Gasteiger partial charge in [-0.2, -0.15) is 0 Å². The van der Waals surface area contributed by atoms with Crippen LogP contribution in [0.2, 0.25) is 5.02 Å². The minimum atomic E-state index is 0.253. The second-order valence-electron chi connectivity index (χ2n) is 9.85. The van der Waals surface area contributed by atoms with Crippen molar-refractivity contribution in [1.82, 2.24) is 14.9 Å². The zero-order valence-electron chi connectivity index (χ0n) is 19.6. The van der Waals surface area contributed by atoms with E-state index in [9.17, 15) is 0 Å². The Morgan fingerprint density at radius 2 is 2.21 bits per heavy atom. The number of nitrogens with one attached hydrogen (secondary N) is 1. The van der Waals surface area contributed by atoms with E-state index in [1.165, 1.54) is 29.7 Å². The molecule has 172 valence electrons. The van der Waals surface area contributed by atoms with E-state index in [2.05, 4.69) is 65.7 Å². The van der Waals surface area contributed by atoms with Crippen LogP contribution in [0.1, 0.15) is 49.2 Å². The van der Waals surface area contributed by atoms with Crippen molar-refractivity contribution in [2.45, 2.75) is 52.0 Å². The summed E-state index contributed by atoms with van der Waals surface area (Å²) in [5.74, 6) is 0. The molecule has 2 aromatic rings. The highest BCUT2D eigenvalue weighted by Crippen LogP contribution is 2.52. The zero-order valence-corrected chi connectivity index (χ0v) is 20.4. The Morgan fingerprint density at radius 3 is 2.94 bits per heavy atom. The third-order valence-electron chi connectivity index (χ3n) is 7.51. The van der Waals surface area contributed by atoms with Crippen LogP contribution in [0, 0.1) is 5.41 Å². The average Bonchev–Trinajstić information content (AvgIpc) is 3.47. The Kier molecular flexibility index (Phi) is 5.84. The van der Waals surface area contributed by atoms with Crippen molar-refractivity contribution in [2.24, 2.45) is 11.1 Å². The third kappa shape index (κ3) is 4.22. The van der Waals surface area contributed by atoms with Gasteiger partial charge in [0.2, 0.25) is 0 Å². The van der Waals surface area contributed by atoms with E-state index in [1.807, 2.05) is 12.3 Å². The molecule has 0 amide bonds. The van der Waals surface area contributed by atoms with Gasteiger partial charge >= 0.3 is 0 Å². The summed E-state index contributed by atoms with van der Waals surface area (Å²) in [5.41, 5.74) is 13.6. The Labute approximate surface area is 201 Å². The van der Waals surface area contributed by atoms with Crippen molar-refractivity contribution in [1.29, 1.82) is 0 Å². The first-order valence-corrected chi connectivity index (χ1v) is 12.4. The highest BCUT2D eigenvalue weighted by molar-refractivity contribution is 6.31. The van der Waals surface area contributed by atoms with Gasteiger partial charge in [-0.1, -0.05) is 49.4 Å². The first kappa shape index (κ1) is 22.2. The van der Waals surface area contributed by atoms with Crippen molar-refractivity contribution in [3.8, 4) is 0 Å². The lowest BCUT2D eigenvalue weighted by Crippen LogP contribution is -2.33. The van der Waals surface area contributed by atoms with Gasteiger partial charge in [0, 0.05) is 52.7 Å². The molecule has 3 heterocycles. The summed E-state index contributed by atoms with van der Waals surface area (Å²) in [5, 5.41) is 2.96. The van der Waals surface area contributed by atoms with Gasteiger partial charge in [0.15, 0.2) is 0 Å². The average molecular weight is 461 g/mol. The molecule has 2 fully saturated rings. The number of hydrogen-bond donors (Lipinski definition) is 2. The van der Waals surface area contributed by atoms with E-state index in [1.54, 1.807) is 0 Å². The maximum Gasteiger partial charge on any atom is 0.0709 e. The summed E-state index contributed by atoms with van der Waals surface area (Å²) >= 11 is 6.88. The van der Waals surface area contributed by atoms with E-state index in [0.717, 1.165) is 64.9 Å². The Hall–Kier alpha value is -2.56. The number of hydrogen-bond acceptors (Lipinski definition) is 3. The second-order valence-corrected chi connectivity index (χ2v) is 10.2. The highest BCUT2D eigenvalue weighted by atomic mass is 35.5. The molecule has 1 spiro atoms. The molecule has 1 aliphatic heterocycles. The van der Waals surface area contributed by atoms with Crippen LogP contribution in [-0.4, -0.2) is 34.0 Å². The number of nitrogens with zero attached hydrogens (tertiary/aromatic N) is 2. The molecular weight excluding hydrogens is 428 g/mol. The summed E-state index contributed by atoms with van der Waals surface area (Å²) in [6.45, 7) is 10.6. The molecule has 2 aromatic heterocycles. The quantitative estimate of drug-likeness (QED) is 0.711. The van der Waals surface area contributed by atoms with Gasteiger partial charge in [-0.05, 0) is 67.9 Å². The standard InChI is InChI=1S/C28H33ClN4/c1-4-22-27(29)26(19(3)33-16-25(30)28(17-33)10-11-28)24(32-22)13-18(2)12-20-14-21-8-6-5-7-9-23(21)31-15-20/h5-7,9,13-15,25,32H,2,4,8,10-12,16-17,30H2,1,3H3. The van der Waals surface area contributed by atoms with Crippen LogP contribution in [0.3, 0.4) is 0 Å². The molecule has 3 N–H and O–H groups in total. The van der Waals surface area contributed by atoms with Crippen molar-refractivity contribution in [2.75, 3.05) is 13.1 Å². The lowest BCUT2D eigenvalue weighted by Gasteiger charge is -2.19. The molecule has 2 aliphatic carbocycles. The highest BCUT2D eigenvalue weighted by Gasteiger charge is 2.53. The van der Waals surface area contributed by atoms with Crippen molar-refractivity contribution in [3.63, 3.8) is 0 Å². The molecule has 5 heteroatoms. The zero-order chi connectivity index (χ0) is 23.2. The largest absolute Gasteiger partial charge is 0.372 e. The van der Waals surface area contributed by atoms with Crippen molar-refractivity contribution in [3.05, 3.63) is 80.7 Å². The van der Waals surface area contributed by atoms with Gasteiger partial charge in [0.1, 0.15) is 0 Å². The van der Waals surface area contributed by atoms with Crippen LogP contribution >= 0.6 is 11.6 Å². The Bertz CT molecular complexity index is 1280. The van der Waals surface area contributed by atoms with Gasteiger partial charge in [0.25, 0.3) is 0 Å². The van der Waals surface area contributed by atoms with Gasteiger partial charge in [-0.15, -0.1) is 0 Å². The maximum atomic E-state index is 6.88. The maximum absolute atomic E-state index is 6.88. The van der Waals surface area contributed by atoms with Crippen molar-refractivity contribution >= 4 is 29.5 Å².